The fourth-order valence-electron chi connectivity index (χ4n) is 0.816. The molecule has 0 aliphatic carbocycles. The van der Waals surface area contributed by atoms with Gasteiger partial charge in [0.25, 0.3) is 0 Å². The smallest absolute Gasteiger partial charge is 0.0294 e. The number of halogens is 1. The van der Waals surface area contributed by atoms with Crippen molar-refractivity contribution in [2.24, 2.45) is 0 Å². The molecular weight excluding hydrogens is 196 g/mol. The molecule has 1 aromatic rings. The molecule has 0 aliphatic heterocycles. The average molecular weight is 205 g/mol. The van der Waals surface area contributed by atoms with Crippen LogP contribution in [-0.2, 0) is 5.33 Å². The van der Waals surface area contributed by atoms with Crippen LogP contribution in [0, 0.1) is 13.8 Å². The predicted octanol–water partition coefficient (Wildman–Crippen LogP) is 3.26. The van der Waals surface area contributed by atoms with E-state index in [1.807, 2.05) is 11.3 Å². The summed E-state index contributed by atoms with van der Waals surface area (Å²) in [6, 6.07) is 2.23. The van der Waals surface area contributed by atoms with E-state index >= 15 is 0 Å². The van der Waals surface area contributed by atoms with Gasteiger partial charge in [-0.1, -0.05) is 15.9 Å². The highest BCUT2D eigenvalue weighted by molar-refractivity contribution is 9.08. The first-order chi connectivity index (χ1) is 4.24. The molecule has 1 rings (SSSR count). The maximum atomic E-state index is 3.43. The molecule has 0 aliphatic rings. The third kappa shape index (κ3) is 1.55. The number of alkyl halides is 1. The normalized spacial score (nSPS) is 10.1. The quantitative estimate of drug-likeness (QED) is 0.617. The van der Waals surface area contributed by atoms with Gasteiger partial charge < -0.3 is 0 Å². The van der Waals surface area contributed by atoms with Crippen LogP contribution in [-0.4, -0.2) is 0 Å². The summed E-state index contributed by atoms with van der Waals surface area (Å²) in [5, 5.41) is 0.989. The molecule has 0 unspecified atom stereocenters. The second-order valence-corrected chi connectivity index (χ2v) is 4.09. The fourth-order valence-corrected chi connectivity index (χ4v) is 2.53. The Kier molecular flexibility index (Phi) is 2.30. The average Bonchev–Trinajstić information content (AvgIpc) is 2.10. The molecule has 9 heavy (non-hydrogen) atoms. The van der Waals surface area contributed by atoms with E-state index in [9.17, 15) is 0 Å². The van der Waals surface area contributed by atoms with E-state index in [1.165, 1.54) is 15.3 Å². The number of rotatable bonds is 1. The molecule has 1 heterocycles. The summed E-state index contributed by atoms with van der Waals surface area (Å²) in [6.07, 6.45) is 0. The fraction of sp³-hybridized carbons (Fsp3) is 0.429. The zero-order valence-electron chi connectivity index (χ0n) is 5.57. The van der Waals surface area contributed by atoms with Crippen LogP contribution in [0.2, 0.25) is 0 Å². The van der Waals surface area contributed by atoms with Crippen LogP contribution in [0.25, 0.3) is 0 Å². The topological polar surface area (TPSA) is 0 Å². The molecule has 0 amide bonds. The van der Waals surface area contributed by atoms with Crippen molar-refractivity contribution in [1.82, 2.24) is 0 Å². The van der Waals surface area contributed by atoms with Gasteiger partial charge >= 0.3 is 0 Å². The molecule has 2 heteroatoms. The highest BCUT2D eigenvalue weighted by atomic mass is 79.9. The standard InChI is InChI=1S/C7H9BrS/c1-5-3-7(4-8)6(2)9-5/h3H,4H2,1-2H3. The number of hydrogen-bond acceptors (Lipinski definition) is 1. The summed E-state index contributed by atoms with van der Waals surface area (Å²) in [5.74, 6) is 0. The van der Waals surface area contributed by atoms with Crippen LogP contribution < -0.4 is 0 Å². The Hall–Kier alpha value is 0.180. The van der Waals surface area contributed by atoms with E-state index in [-0.39, 0.29) is 0 Å². The predicted molar refractivity (Wildman–Crippen MR) is 46.4 cm³/mol. The van der Waals surface area contributed by atoms with Crippen molar-refractivity contribution in [1.29, 1.82) is 0 Å². The minimum absolute atomic E-state index is 0.989. The monoisotopic (exact) mass is 204 g/mol. The lowest BCUT2D eigenvalue weighted by Gasteiger charge is -1.86. The minimum atomic E-state index is 0.989. The minimum Gasteiger partial charge on any atom is -0.146 e. The van der Waals surface area contributed by atoms with E-state index < -0.39 is 0 Å². The Morgan fingerprint density at radius 2 is 2.22 bits per heavy atom. The van der Waals surface area contributed by atoms with E-state index in [4.69, 9.17) is 0 Å². The van der Waals surface area contributed by atoms with Gasteiger partial charge in [-0.3, -0.25) is 0 Å². The summed E-state index contributed by atoms with van der Waals surface area (Å²) >= 11 is 5.29. The van der Waals surface area contributed by atoms with Gasteiger partial charge in [0.2, 0.25) is 0 Å². The van der Waals surface area contributed by atoms with Crippen molar-refractivity contribution in [3.63, 3.8) is 0 Å². The van der Waals surface area contributed by atoms with Gasteiger partial charge in [0.15, 0.2) is 0 Å². The third-order valence-corrected chi connectivity index (χ3v) is 2.90. The Morgan fingerprint density at radius 3 is 2.44 bits per heavy atom. The first kappa shape index (κ1) is 7.29. The van der Waals surface area contributed by atoms with E-state index in [0.29, 0.717) is 0 Å². The van der Waals surface area contributed by atoms with Crippen molar-refractivity contribution in [2.75, 3.05) is 0 Å². The van der Waals surface area contributed by atoms with Crippen LogP contribution in [0.5, 0.6) is 0 Å². The third-order valence-electron chi connectivity index (χ3n) is 1.29. The first-order valence-electron chi connectivity index (χ1n) is 2.86. The summed E-state index contributed by atoms with van der Waals surface area (Å²) < 4.78 is 0. The van der Waals surface area contributed by atoms with Crippen molar-refractivity contribution in [3.05, 3.63) is 21.4 Å². The number of hydrogen-bond donors (Lipinski definition) is 0. The van der Waals surface area contributed by atoms with Crippen molar-refractivity contribution >= 4 is 27.3 Å². The Morgan fingerprint density at radius 1 is 1.56 bits per heavy atom. The summed E-state index contributed by atoms with van der Waals surface area (Å²) in [5.41, 5.74) is 1.43. The van der Waals surface area contributed by atoms with Gasteiger partial charge in [0.05, 0.1) is 0 Å². The zero-order valence-corrected chi connectivity index (χ0v) is 7.97. The molecule has 0 aromatic carbocycles. The summed E-state index contributed by atoms with van der Waals surface area (Å²) in [7, 11) is 0. The summed E-state index contributed by atoms with van der Waals surface area (Å²) in [6.45, 7) is 4.30. The van der Waals surface area contributed by atoms with Crippen LogP contribution >= 0.6 is 27.3 Å². The Bertz CT molecular complexity index is 203. The van der Waals surface area contributed by atoms with Gasteiger partial charge in [-0.25, -0.2) is 0 Å². The van der Waals surface area contributed by atoms with Crippen LogP contribution in [0.4, 0.5) is 0 Å². The lowest BCUT2D eigenvalue weighted by Crippen LogP contribution is -1.71. The van der Waals surface area contributed by atoms with Crippen LogP contribution in [0.1, 0.15) is 15.3 Å². The molecule has 50 valence electrons. The molecule has 0 saturated carbocycles. The molecule has 0 nitrogen and oxygen atoms in total. The second kappa shape index (κ2) is 2.84. The van der Waals surface area contributed by atoms with E-state index in [0.717, 1.165) is 5.33 Å². The lowest BCUT2D eigenvalue weighted by atomic mass is 10.3. The highest BCUT2D eigenvalue weighted by Gasteiger charge is 1.98. The molecular formula is C7H9BrS. The number of aryl methyl sites for hydroxylation is 2. The molecule has 0 spiro atoms. The molecule has 0 N–H and O–H groups in total. The van der Waals surface area contributed by atoms with Gasteiger partial charge in [-0.05, 0) is 25.5 Å². The largest absolute Gasteiger partial charge is 0.146 e. The van der Waals surface area contributed by atoms with Crippen LogP contribution in [0.3, 0.4) is 0 Å². The number of thiophene rings is 1. The van der Waals surface area contributed by atoms with Crippen molar-refractivity contribution in [2.45, 2.75) is 19.2 Å². The molecule has 1 aromatic heterocycles. The highest BCUT2D eigenvalue weighted by Crippen LogP contribution is 2.22. The van der Waals surface area contributed by atoms with Crippen molar-refractivity contribution in [3.8, 4) is 0 Å². The SMILES string of the molecule is Cc1cc(CBr)c(C)s1. The van der Waals surface area contributed by atoms with Crippen LogP contribution in [0.15, 0.2) is 6.07 Å². The molecule has 0 fully saturated rings. The molecule has 0 atom stereocenters. The van der Waals surface area contributed by atoms with E-state index in [2.05, 4.69) is 35.8 Å². The van der Waals surface area contributed by atoms with Gasteiger partial charge in [0.1, 0.15) is 0 Å². The molecule has 0 bridgehead atoms. The van der Waals surface area contributed by atoms with Crippen molar-refractivity contribution < 1.29 is 0 Å². The first-order valence-corrected chi connectivity index (χ1v) is 4.79. The van der Waals surface area contributed by atoms with Gasteiger partial charge in [-0.15, -0.1) is 11.3 Å². The molecule has 0 radical (unpaired) electrons. The lowest BCUT2D eigenvalue weighted by molar-refractivity contribution is 1.40. The maximum absolute atomic E-state index is 3.43. The Labute approximate surface area is 68.0 Å². The maximum Gasteiger partial charge on any atom is 0.0294 e. The zero-order chi connectivity index (χ0) is 6.85. The molecule has 0 saturated heterocycles. The summed E-state index contributed by atoms with van der Waals surface area (Å²) in [4.78, 5) is 2.84. The van der Waals surface area contributed by atoms with Gasteiger partial charge in [0, 0.05) is 15.1 Å². The second-order valence-electron chi connectivity index (χ2n) is 2.07. The van der Waals surface area contributed by atoms with Gasteiger partial charge in [-0.2, -0.15) is 0 Å². The Balaban J connectivity index is 3.01. The van der Waals surface area contributed by atoms with E-state index in [1.54, 1.807) is 0 Å².